The third-order valence-corrected chi connectivity index (χ3v) is 16.8. The number of aliphatic carboxylic acids is 1. The minimum absolute atomic E-state index is 0.229. The molecule has 6 heteroatoms. The molecule has 0 saturated carbocycles. The first kappa shape index (κ1) is 24.1. The van der Waals surface area contributed by atoms with Crippen LogP contribution in [0.25, 0.3) is 0 Å². The lowest BCUT2D eigenvalue weighted by molar-refractivity contribution is -0.139. The van der Waals surface area contributed by atoms with Crippen LogP contribution in [-0.4, -0.2) is 40.6 Å². The van der Waals surface area contributed by atoms with Crippen molar-refractivity contribution in [2.45, 2.75) is 5.66 Å². The highest BCUT2D eigenvalue weighted by Crippen LogP contribution is 2.66. The van der Waals surface area contributed by atoms with E-state index >= 15 is 0 Å². The molecule has 0 aliphatic carbocycles. The summed E-state index contributed by atoms with van der Waals surface area (Å²) in [5, 5.41) is 14.9. The van der Waals surface area contributed by atoms with Crippen LogP contribution in [0.4, 0.5) is 0 Å². The number of hydrogen-bond acceptors (Lipinski definition) is 3. The van der Waals surface area contributed by atoms with Gasteiger partial charge in [-0.2, -0.15) is 0 Å². The van der Waals surface area contributed by atoms with Crippen LogP contribution in [-0.2, 0) is 14.3 Å². The number of hydrogen-bond donors (Lipinski definition) is 1. The Morgan fingerprint density at radius 2 is 1.00 bits per heavy atom. The molecule has 1 N–H and O–H groups in total. The number of ether oxygens (including phenoxy) is 1. The highest BCUT2D eigenvalue weighted by atomic mass is 31.2. The van der Waals surface area contributed by atoms with Gasteiger partial charge in [-0.3, -0.25) is 4.79 Å². The summed E-state index contributed by atoms with van der Waals surface area (Å²) in [6.07, 6.45) is 0. The molecule has 0 bridgehead atoms. The Bertz CT molecular complexity index is 1430. The van der Waals surface area contributed by atoms with E-state index in [1.54, 1.807) is 0 Å². The van der Waals surface area contributed by atoms with Crippen LogP contribution >= 0.6 is 13.8 Å². The van der Waals surface area contributed by atoms with Gasteiger partial charge in [0.15, 0.2) is 0 Å². The first-order chi connectivity index (χ1) is 17.6. The number of benzene rings is 4. The molecule has 0 aromatic heterocycles. The highest BCUT2D eigenvalue weighted by molar-refractivity contribution is 8.17. The summed E-state index contributed by atoms with van der Waals surface area (Å²) in [5.41, 5.74) is 1.33. The molecule has 1 aliphatic heterocycles. The molecule has 180 valence electrons. The minimum Gasteiger partial charge on any atom is -0.478 e. The van der Waals surface area contributed by atoms with Gasteiger partial charge in [-0.25, -0.2) is 4.79 Å². The van der Waals surface area contributed by atoms with Gasteiger partial charge in [-0.15, -0.1) is 0 Å². The largest absolute Gasteiger partial charge is 0.478 e. The summed E-state index contributed by atoms with van der Waals surface area (Å²) in [5.74, 6) is -1.57. The molecule has 0 radical (unpaired) electrons. The Morgan fingerprint density at radius 3 is 1.33 bits per heavy atom. The Labute approximate surface area is 211 Å². The molecule has 5 rings (SSSR count). The van der Waals surface area contributed by atoms with E-state index in [2.05, 4.69) is 5.54 Å². The molecule has 1 unspecified atom stereocenters. The van der Waals surface area contributed by atoms with Crippen molar-refractivity contribution in [1.82, 2.24) is 0 Å². The van der Waals surface area contributed by atoms with Crippen LogP contribution in [0.2, 0.25) is 0 Å². The molecule has 36 heavy (non-hydrogen) atoms. The summed E-state index contributed by atoms with van der Waals surface area (Å²) in [7, 11) is 1.34. The molecule has 0 saturated heterocycles. The van der Waals surface area contributed by atoms with E-state index in [1.807, 2.05) is 121 Å². The number of esters is 1. The van der Waals surface area contributed by atoms with Crippen LogP contribution in [0.3, 0.4) is 0 Å². The molecular formula is C30H26O4P2. The predicted molar refractivity (Wildman–Crippen MR) is 153 cm³/mol. The third kappa shape index (κ3) is 3.69. The van der Waals surface area contributed by atoms with Crippen molar-refractivity contribution in [1.29, 1.82) is 0 Å². The van der Waals surface area contributed by atoms with Crippen LogP contribution in [0.15, 0.2) is 121 Å². The number of rotatable bonds is 6. The molecule has 4 aromatic rings. The molecule has 4 aromatic carbocycles. The Kier molecular flexibility index (Phi) is 6.58. The molecule has 1 atom stereocenters. The maximum Gasteiger partial charge on any atom is 0.333 e. The number of carbonyl (C=O) groups is 2. The van der Waals surface area contributed by atoms with Crippen LogP contribution in [0.5, 0.6) is 0 Å². The molecule has 4 nitrogen and oxygen atoms in total. The van der Waals surface area contributed by atoms with Crippen molar-refractivity contribution < 1.29 is 19.4 Å². The summed E-state index contributed by atoms with van der Waals surface area (Å²) < 4.78 is 5.38. The fourth-order valence-electron chi connectivity index (χ4n) is 5.26. The minimum atomic E-state index is -2.85. The van der Waals surface area contributed by atoms with Crippen molar-refractivity contribution in [3.63, 3.8) is 0 Å². The first-order valence-corrected chi connectivity index (χ1v) is 15.4. The lowest BCUT2D eigenvalue weighted by atomic mass is 10.3. The van der Waals surface area contributed by atoms with E-state index in [-0.39, 0.29) is 5.29 Å². The molecule has 0 fully saturated rings. The van der Waals surface area contributed by atoms with Gasteiger partial charge < -0.3 is 9.84 Å². The zero-order valence-electron chi connectivity index (χ0n) is 19.8. The van der Waals surface area contributed by atoms with E-state index in [9.17, 15) is 14.7 Å². The number of carboxylic acids is 1. The second-order valence-electron chi connectivity index (χ2n) is 8.57. The van der Waals surface area contributed by atoms with Gasteiger partial charge in [0.1, 0.15) is 5.66 Å². The van der Waals surface area contributed by atoms with Gasteiger partial charge in [0.2, 0.25) is 0 Å². The van der Waals surface area contributed by atoms with Crippen molar-refractivity contribution in [3.05, 3.63) is 121 Å². The van der Waals surface area contributed by atoms with Crippen molar-refractivity contribution >= 4 is 57.8 Å². The van der Waals surface area contributed by atoms with Crippen molar-refractivity contribution in [2.24, 2.45) is 0 Å². The van der Waals surface area contributed by atoms with Crippen molar-refractivity contribution in [3.8, 4) is 0 Å². The van der Waals surface area contributed by atoms with Gasteiger partial charge in [0.05, 0.1) is 12.4 Å². The second-order valence-corrected chi connectivity index (χ2v) is 15.6. The topological polar surface area (TPSA) is 63.6 Å². The molecule has 1 aliphatic rings. The first-order valence-electron chi connectivity index (χ1n) is 11.6. The summed E-state index contributed by atoms with van der Waals surface area (Å²) in [6, 6.07) is 39.3. The lowest BCUT2D eigenvalue weighted by Gasteiger charge is -2.31. The highest BCUT2D eigenvalue weighted by Gasteiger charge is 2.52. The molecule has 0 amide bonds. The third-order valence-electron chi connectivity index (χ3n) is 6.74. The van der Waals surface area contributed by atoms with E-state index < -0.39 is 31.4 Å². The Hall–Kier alpha value is -3.58. The quantitative estimate of drug-likeness (QED) is 0.315. The molecule has 1 heterocycles. The average molecular weight is 512 g/mol. The van der Waals surface area contributed by atoms with Crippen molar-refractivity contribution in [2.75, 3.05) is 7.11 Å². The lowest BCUT2D eigenvalue weighted by Crippen LogP contribution is -2.41. The SMILES string of the molecule is COC(=O)C1C(C(=O)O)=P(c2ccccc2)(c2ccccc2)C=P1(c1ccccc1)c1ccccc1. The number of carboxylic acid groups (broad SMARTS) is 1. The standard InChI is InChI=1S/C30H26O4P2/c1-34-30(33)28-27(29(31)32)35(23-14-6-2-7-15-23,24-16-8-3-9-17-24)22-36(28,25-18-10-4-11-19-25)26-20-12-5-13-21-26/h2-22,28H,1H3,(H,31,32). The zero-order valence-corrected chi connectivity index (χ0v) is 21.6. The van der Waals surface area contributed by atoms with Gasteiger partial charge >= 0.3 is 11.9 Å². The monoisotopic (exact) mass is 512 g/mol. The van der Waals surface area contributed by atoms with Gasteiger partial charge in [0.25, 0.3) is 0 Å². The zero-order chi connectivity index (χ0) is 25.2. The van der Waals surface area contributed by atoms with Gasteiger partial charge in [0, 0.05) is 0 Å². The summed E-state index contributed by atoms with van der Waals surface area (Å²) in [6.45, 7) is -5.62. The van der Waals surface area contributed by atoms with Crippen LogP contribution in [0, 0.1) is 0 Å². The average Bonchev–Trinajstić information content (AvgIpc) is 3.29. The van der Waals surface area contributed by atoms with E-state index in [1.165, 1.54) is 7.11 Å². The fraction of sp³-hybridized carbons (Fsp3) is 0.0667. The van der Waals surface area contributed by atoms with E-state index in [0.717, 1.165) is 21.2 Å². The summed E-state index contributed by atoms with van der Waals surface area (Å²) in [4.78, 5) is 27.1. The van der Waals surface area contributed by atoms with E-state index in [4.69, 9.17) is 4.74 Å². The van der Waals surface area contributed by atoms with Crippen LogP contribution < -0.4 is 21.2 Å². The summed E-state index contributed by atoms with van der Waals surface area (Å²) >= 11 is 0. The number of carbonyl (C=O) groups excluding carboxylic acids is 1. The maximum absolute atomic E-state index is 13.8. The number of methoxy groups -OCH3 is 1. The Morgan fingerprint density at radius 1 is 0.639 bits per heavy atom. The molecular weight excluding hydrogens is 486 g/mol. The van der Waals surface area contributed by atoms with E-state index in [0.29, 0.717) is 0 Å². The fourth-order valence-corrected chi connectivity index (χ4v) is 17.8. The van der Waals surface area contributed by atoms with Crippen LogP contribution in [0.1, 0.15) is 0 Å². The normalized spacial score (nSPS) is 17.7. The smallest absolute Gasteiger partial charge is 0.333 e. The predicted octanol–water partition coefficient (Wildman–Crippen LogP) is 3.90. The van der Waals surface area contributed by atoms with Gasteiger partial charge in [-0.05, 0) is 40.5 Å². The molecule has 0 spiro atoms. The Balaban J connectivity index is 2.08. The second kappa shape index (κ2) is 9.82. The maximum atomic E-state index is 13.8. The van der Waals surface area contributed by atoms with Gasteiger partial charge in [-0.1, -0.05) is 121 Å².